The van der Waals surface area contributed by atoms with E-state index in [0.29, 0.717) is 23.9 Å². The van der Waals surface area contributed by atoms with Gasteiger partial charge in [0.2, 0.25) is 0 Å². The van der Waals surface area contributed by atoms with Crippen molar-refractivity contribution in [3.05, 3.63) is 53.6 Å². The number of hydrogen-bond donors (Lipinski definition) is 0. The number of piperidine rings is 1. The summed E-state index contributed by atoms with van der Waals surface area (Å²) in [6.45, 7) is 17.1. The number of methoxy groups -OCH3 is 3. The van der Waals surface area contributed by atoms with Crippen LogP contribution in [0.3, 0.4) is 0 Å². The molecule has 10 heteroatoms. The number of esters is 1. The molecule has 0 N–H and O–H groups in total. The molecule has 2 aromatic rings. The molecular weight excluding hydrogens is 566 g/mol. The van der Waals surface area contributed by atoms with Crippen molar-refractivity contribution < 1.29 is 37.7 Å². The molecule has 0 unspecified atom stereocenters. The van der Waals surface area contributed by atoms with E-state index in [0.717, 1.165) is 11.1 Å². The molecule has 0 spiro atoms. The van der Waals surface area contributed by atoms with E-state index in [2.05, 4.69) is 33.9 Å². The molecule has 43 heavy (non-hydrogen) atoms. The van der Waals surface area contributed by atoms with Crippen LogP contribution in [0.25, 0.3) is 0 Å². The molecule has 238 valence electrons. The standard InChI is InChI=1S/C33H49NO8Si/c1-32(2,3)41-31(36)34-19-27(30(35)39-9)29(28(20-34)42-43(10,11)33(4,5)6)23-13-12-14-24(17-23)40-21-22-15-25(37-7)18-26(16-22)38-8/h12-18,27-29H,19-21H2,1-11H3/t27-,28+,29+/m0/s1. The lowest BCUT2D eigenvalue weighted by Gasteiger charge is -2.47. The van der Waals surface area contributed by atoms with Crippen molar-refractivity contribution in [2.24, 2.45) is 5.92 Å². The Hall–Kier alpha value is -3.24. The Kier molecular flexibility index (Phi) is 10.8. The Morgan fingerprint density at radius 1 is 0.884 bits per heavy atom. The number of benzene rings is 2. The van der Waals surface area contributed by atoms with Gasteiger partial charge in [-0.2, -0.15) is 0 Å². The molecule has 2 aromatic carbocycles. The Bertz CT molecular complexity index is 1240. The smallest absolute Gasteiger partial charge is 0.410 e. The molecule has 1 fully saturated rings. The van der Waals surface area contributed by atoms with Gasteiger partial charge in [0, 0.05) is 25.1 Å². The molecule has 0 aliphatic carbocycles. The first kappa shape index (κ1) is 34.2. The molecule has 1 heterocycles. The Labute approximate surface area is 257 Å². The SMILES string of the molecule is COC(=O)[C@H]1CN(C(=O)OC(C)(C)C)C[C@@H](O[Si](C)(C)C(C)(C)C)[C@@H]1c1cccc(OCc2cc(OC)cc(OC)c2)c1. The van der Waals surface area contributed by atoms with Crippen LogP contribution in [0.2, 0.25) is 18.1 Å². The van der Waals surface area contributed by atoms with Gasteiger partial charge < -0.3 is 33.0 Å². The second kappa shape index (κ2) is 13.6. The number of hydrogen-bond acceptors (Lipinski definition) is 8. The van der Waals surface area contributed by atoms with Gasteiger partial charge >= 0.3 is 12.1 Å². The van der Waals surface area contributed by atoms with Crippen molar-refractivity contribution in [3.63, 3.8) is 0 Å². The van der Waals surface area contributed by atoms with E-state index in [4.69, 9.17) is 28.1 Å². The van der Waals surface area contributed by atoms with E-state index in [1.807, 2.05) is 63.2 Å². The first-order chi connectivity index (χ1) is 20.0. The average Bonchev–Trinajstić information content (AvgIpc) is 2.93. The largest absolute Gasteiger partial charge is 0.497 e. The fourth-order valence-electron chi connectivity index (χ4n) is 4.90. The van der Waals surface area contributed by atoms with E-state index in [1.54, 1.807) is 19.1 Å². The van der Waals surface area contributed by atoms with Crippen LogP contribution in [-0.4, -0.2) is 71.4 Å². The fourth-order valence-corrected chi connectivity index (χ4v) is 6.24. The van der Waals surface area contributed by atoms with E-state index in [-0.39, 0.29) is 24.0 Å². The van der Waals surface area contributed by atoms with Gasteiger partial charge in [0.15, 0.2) is 8.32 Å². The fraction of sp³-hybridized carbons (Fsp3) is 0.576. The Morgan fingerprint density at radius 3 is 2.05 bits per heavy atom. The highest BCUT2D eigenvalue weighted by molar-refractivity contribution is 6.74. The van der Waals surface area contributed by atoms with Crippen molar-refractivity contribution in [1.29, 1.82) is 0 Å². The lowest BCUT2D eigenvalue weighted by molar-refractivity contribution is -0.150. The molecule has 3 rings (SSSR count). The summed E-state index contributed by atoms with van der Waals surface area (Å²) in [7, 11) is 2.26. The number of rotatable bonds is 9. The number of nitrogens with zero attached hydrogens (tertiary/aromatic N) is 1. The zero-order valence-electron chi connectivity index (χ0n) is 27.6. The van der Waals surface area contributed by atoms with Gasteiger partial charge in [-0.15, -0.1) is 0 Å². The third kappa shape index (κ3) is 8.89. The van der Waals surface area contributed by atoms with Crippen LogP contribution in [0.15, 0.2) is 42.5 Å². The van der Waals surface area contributed by atoms with Crippen LogP contribution in [0.1, 0.15) is 58.6 Å². The molecule has 1 amide bonds. The first-order valence-corrected chi connectivity index (χ1v) is 17.6. The third-order valence-electron chi connectivity index (χ3n) is 8.12. The van der Waals surface area contributed by atoms with Crippen molar-refractivity contribution >= 4 is 20.4 Å². The van der Waals surface area contributed by atoms with E-state index < -0.39 is 38.0 Å². The van der Waals surface area contributed by atoms with Crippen LogP contribution in [0, 0.1) is 5.92 Å². The molecule has 0 saturated carbocycles. The normalized spacial score (nSPS) is 19.4. The molecule has 1 saturated heterocycles. The highest BCUT2D eigenvalue weighted by atomic mass is 28.4. The van der Waals surface area contributed by atoms with Crippen molar-refractivity contribution in [3.8, 4) is 17.2 Å². The topological polar surface area (TPSA) is 92.8 Å². The number of carbonyl (C=O) groups excluding carboxylic acids is 2. The lowest BCUT2D eigenvalue weighted by atomic mass is 9.78. The van der Waals surface area contributed by atoms with Gasteiger partial charge in [-0.05, 0) is 74.3 Å². The maximum absolute atomic E-state index is 13.3. The quantitative estimate of drug-likeness (QED) is 0.225. The highest BCUT2D eigenvalue weighted by Crippen LogP contribution is 2.43. The Balaban J connectivity index is 2.00. The molecule has 0 bridgehead atoms. The second-order valence-electron chi connectivity index (χ2n) is 13.5. The summed E-state index contributed by atoms with van der Waals surface area (Å²) in [6, 6.07) is 13.3. The number of amides is 1. The lowest BCUT2D eigenvalue weighted by Crippen LogP contribution is -2.57. The predicted octanol–water partition coefficient (Wildman–Crippen LogP) is 6.80. The van der Waals surface area contributed by atoms with Gasteiger partial charge in [0.05, 0.1) is 33.4 Å². The average molecular weight is 616 g/mol. The predicted molar refractivity (Wildman–Crippen MR) is 168 cm³/mol. The van der Waals surface area contributed by atoms with Crippen LogP contribution in [-0.2, 0) is 25.3 Å². The van der Waals surface area contributed by atoms with Gasteiger partial charge in [-0.25, -0.2) is 4.79 Å². The summed E-state index contributed by atoms with van der Waals surface area (Å²) in [5.41, 5.74) is 1.09. The zero-order valence-corrected chi connectivity index (χ0v) is 28.6. The van der Waals surface area contributed by atoms with Crippen molar-refractivity contribution in [1.82, 2.24) is 4.90 Å². The van der Waals surface area contributed by atoms with Gasteiger partial charge in [0.1, 0.15) is 29.5 Å². The summed E-state index contributed by atoms with van der Waals surface area (Å²) in [6.07, 6.45) is -0.946. The molecule has 9 nitrogen and oxygen atoms in total. The summed E-state index contributed by atoms with van der Waals surface area (Å²) in [5, 5.41) is -0.0880. The molecule has 1 aliphatic rings. The molecule has 0 aromatic heterocycles. The molecule has 0 radical (unpaired) electrons. The van der Waals surface area contributed by atoms with E-state index >= 15 is 0 Å². The van der Waals surface area contributed by atoms with E-state index in [9.17, 15) is 9.59 Å². The Morgan fingerprint density at radius 2 is 1.51 bits per heavy atom. The summed E-state index contributed by atoms with van der Waals surface area (Å²) < 4.78 is 35.0. The van der Waals surface area contributed by atoms with Gasteiger partial charge in [-0.3, -0.25) is 4.79 Å². The number of ether oxygens (including phenoxy) is 5. The van der Waals surface area contributed by atoms with E-state index in [1.165, 1.54) is 7.11 Å². The van der Waals surface area contributed by atoms with Gasteiger partial charge in [0.25, 0.3) is 0 Å². The third-order valence-corrected chi connectivity index (χ3v) is 12.6. The second-order valence-corrected chi connectivity index (χ2v) is 18.3. The van der Waals surface area contributed by atoms with Crippen LogP contribution in [0.4, 0.5) is 4.79 Å². The minimum atomic E-state index is -2.33. The van der Waals surface area contributed by atoms with Crippen LogP contribution in [0.5, 0.6) is 17.2 Å². The first-order valence-electron chi connectivity index (χ1n) is 14.7. The molecule has 3 atom stereocenters. The highest BCUT2D eigenvalue weighted by Gasteiger charge is 2.49. The minimum Gasteiger partial charge on any atom is -0.497 e. The molecular formula is C33H49NO8Si. The summed E-state index contributed by atoms with van der Waals surface area (Å²) in [5.74, 6) is 0.546. The summed E-state index contributed by atoms with van der Waals surface area (Å²) in [4.78, 5) is 28.2. The number of carbonyl (C=O) groups is 2. The van der Waals surface area contributed by atoms with Crippen LogP contribution < -0.4 is 14.2 Å². The summed E-state index contributed by atoms with van der Waals surface area (Å²) >= 11 is 0. The van der Waals surface area contributed by atoms with Crippen LogP contribution >= 0.6 is 0 Å². The van der Waals surface area contributed by atoms with Crippen molar-refractivity contribution in [2.75, 3.05) is 34.4 Å². The molecule has 1 aliphatic heterocycles. The maximum Gasteiger partial charge on any atom is 0.410 e. The number of likely N-dealkylation sites (tertiary alicyclic amines) is 1. The van der Waals surface area contributed by atoms with Gasteiger partial charge in [-0.1, -0.05) is 32.9 Å². The van der Waals surface area contributed by atoms with Crippen molar-refractivity contribution in [2.45, 2.75) is 83.9 Å². The monoisotopic (exact) mass is 615 g/mol. The zero-order chi connectivity index (χ0) is 32.2. The minimum absolute atomic E-state index is 0.0880. The maximum atomic E-state index is 13.3.